The molecule has 1 saturated heterocycles. The molecule has 180 valence electrons. The average molecular weight is 476 g/mol. The Morgan fingerprint density at radius 3 is 2.12 bits per heavy atom. The summed E-state index contributed by atoms with van der Waals surface area (Å²) in [4.78, 5) is 22.8. The predicted octanol–water partition coefficient (Wildman–Crippen LogP) is 4.66. The first-order chi connectivity index (χ1) is 15.4. The highest BCUT2D eigenvalue weighted by Crippen LogP contribution is 2.37. The number of nitrogens with one attached hydrogen (secondary N) is 3. The Kier molecular flexibility index (Phi) is 7.18. The van der Waals surface area contributed by atoms with Crippen LogP contribution in [0, 0.1) is 6.92 Å². The highest BCUT2D eigenvalue weighted by Gasteiger charge is 2.37. The number of rotatable bonds is 6. The second-order valence-electron chi connectivity index (χ2n) is 7.49. The van der Waals surface area contributed by atoms with Gasteiger partial charge in [0.05, 0.1) is 11.1 Å². The van der Waals surface area contributed by atoms with Crippen molar-refractivity contribution in [1.82, 2.24) is 15.3 Å². The highest BCUT2D eigenvalue weighted by atomic mass is 19.4. The lowest BCUT2D eigenvalue weighted by Gasteiger charge is -2.18. The fourth-order valence-corrected chi connectivity index (χ4v) is 3.29. The average Bonchev–Trinajstić information content (AvgIpc) is 3.24. The highest BCUT2D eigenvalue weighted by molar-refractivity contribution is 5.89. The van der Waals surface area contributed by atoms with Gasteiger partial charge in [0.15, 0.2) is 0 Å². The van der Waals surface area contributed by atoms with Crippen LogP contribution >= 0.6 is 0 Å². The van der Waals surface area contributed by atoms with Crippen molar-refractivity contribution in [3.63, 3.8) is 0 Å². The minimum atomic E-state index is -5.00. The SMILES string of the molecule is Cc1cc(N2CCCC2)nc(NCCNC(=O)Nc2cc(C(F)(F)F)cc(C(F)(F)F)c2)n1. The van der Waals surface area contributed by atoms with Gasteiger partial charge in [0, 0.05) is 43.6 Å². The standard InChI is InChI=1S/C20H22F6N6O/c1-12-8-16(32-6-2-3-7-32)31-17(29-12)27-4-5-28-18(33)30-15-10-13(19(21,22)23)9-14(11-15)20(24,25)26/h8-11H,2-7H2,1H3,(H,27,29,31)(H2,28,30,33). The topological polar surface area (TPSA) is 82.2 Å². The number of hydrogen-bond acceptors (Lipinski definition) is 5. The number of carbonyl (C=O) groups is 1. The lowest BCUT2D eigenvalue weighted by Crippen LogP contribution is -2.33. The molecule has 1 aromatic carbocycles. The normalized spacial score (nSPS) is 14.3. The van der Waals surface area contributed by atoms with E-state index in [1.165, 1.54) is 0 Å². The summed E-state index contributed by atoms with van der Waals surface area (Å²) in [5, 5.41) is 7.30. The first kappa shape index (κ1) is 24.4. The summed E-state index contributed by atoms with van der Waals surface area (Å²) in [5.74, 6) is 1.14. The molecule has 0 radical (unpaired) electrons. The Balaban J connectivity index is 1.56. The maximum atomic E-state index is 12.9. The van der Waals surface area contributed by atoms with Crippen LogP contribution in [0.15, 0.2) is 24.3 Å². The third kappa shape index (κ3) is 6.86. The molecule has 0 saturated carbocycles. The van der Waals surface area contributed by atoms with Gasteiger partial charge in [0.2, 0.25) is 5.95 Å². The monoisotopic (exact) mass is 476 g/mol. The van der Waals surface area contributed by atoms with Crippen LogP contribution < -0.4 is 20.9 Å². The van der Waals surface area contributed by atoms with Crippen molar-refractivity contribution >= 4 is 23.5 Å². The van der Waals surface area contributed by atoms with E-state index in [1.54, 1.807) is 0 Å². The molecule has 33 heavy (non-hydrogen) atoms. The lowest BCUT2D eigenvalue weighted by atomic mass is 10.1. The summed E-state index contributed by atoms with van der Waals surface area (Å²) in [5.41, 5.74) is -2.90. The summed E-state index contributed by atoms with van der Waals surface area (Å²) in [6, 6.07) is 1.78. The molecule has 1 aliphatic heterocycles. The van der Waals surface area contributed by atoms with Crippen LogP contribution in [0.25, 0.3) is 0 Å². The van der Waals surface area contributed by atoms with E-state index in [0.717, 1.165) is 37.4 Å². The number of aryl methyl sites for hydroxylation is 1. The van der Waals surface area contributed by atoms with Gasteiger partial charge in [0.25, 0.3) is 0 Å². The predicted molar refractivity (Wildman–Crippen MR) is 110 cm³/mol. The zero-order chi connectivity index (χ0) is 24.2. The number of anilines is 3. The van der Waals surface area contributed by atoms with E-state index in [4.69, 9.17) is 0 Å². The lowest BCUT2D eigenvalue weighted by molar-refractivity contribution is -0.143. The Bertz CT molecular complexity index is 956. The zero-order valence-electron chi connectivity index (χ0n) is 17.6. The van der Waals surface area contributed by atoms with Crippen LogP contribution in [-0.4, -0.2) is 42.2 Å². The van der Waals surface area contributed by atoms with Gasteiger partial charge in [-0.1, -0.05) is 0 Å². The van der Waals surface area contributed by atoms with E-state index in [2.05, 4.69) is 25.5 Å². The number of aromatic nitrogens is 2. The van der Waals surface area contributed by atoms with Gasteiger partial charge >= 0.3 is 18.4 Å². The van der Waals surface area contributed by atoms with Crippen LogP contribution in [-0.2, 0) is 12.4 Å². The molecule has 0 bridgehead atoms. The molecule has 0 spiro atoms. The number of alkyl halides is 6. The Labute approximate surface area is 185 Å². The summed E-state index contributed by atoms with van der Waals surface area (Å²) >= 11 is 0. The van der Waals surface area contributed by atoms with E-state index < -0.39 is 35.2 Å². The first-order valence-electron chi connectivity index (χ1n) is 10.1. The van der Waals surface area contributed by atoms with E-state index >= 15 is 0 Å². The number of benzene rings is 1. The van der Waals surface area contributed by atoms with Crippen LogP contribution in [0.2, 0.25) is 0 Å². The molecule has 1 fully saturated rings. The van der Waals surface area contributed by atoms with Gasteiger partial charge < -0.3 is 20.9 Å². The van der Waals surface area contributed by atoms with Crippen LogP contribution in [0.4, 0.5) is 48.6 Å². The summed E-state index contributed by atoms with van der Waals surface area (Å²) in [7, 11) is 0. The molecule has 2 heterocycles. The molecule has 3 N–H and O–H groups in total. The fraction of sp³-hybridized carbons (Fsp3) is 0.450. The Morgan fingerprint density at radius 1 is 0.939 bits per heavy atom. The maximum Gasteiger partial charge on any atom is 0.416 e. The molecule has 2 aromatic rings. The van der Waals surface area contributed by atoms with Crippen molar-refractivity contribution in [3.05, 3.63) is 41.1 Å². The minimum absolute atomic E-state index is 0.00867. The number of nitrogens with zero attached hydrogens (tertiary/aromatic N) is 3. The summed E-state index contributed by atoms with van der Waals surface area (Å²) in [6.45, 7) is 3.84. The van der Waals surface area contributed by atoms with E-state index in [9.17, 15) is 31.1 Å². The molecule has 1 aliphatic rings. The van der Waals surface area contributed by atoms with Crippen LogP contribution in [0.1, 0.15) is 29.7 Å². The molecule has 0 atom stereocenters. The molecule has 0 unspecified atom stereocenters. The van der Waals surface area contributed by atoms with Gasteiger partial charge in [-0.15, -0.1) is 0 Å². The molecule has 13 heteroatoms. The smallest absolute Gasteiger partial charge is 0.356 e. The van der Waals surface area contributed by atoms with Crippen molar-refractivity contribution in [2.24, 2.45) is 0 Å². The van der Waals surface area contributed by atoms with Gasteiger partial charge in [-0.2, -0.15) is 31.3 Å². The van der Waals surface area contributed by atoms with Crippen molar-refractivity contribution in [3.8, 4) is 0 Å². The van der Waals surface area contributed by atoms with Crippen molar-refractivity contribution in [2.45, 2.75) is 32.1 Å². The number of amides is 2. The second-order valence-corrected chi connectivity index (χ2v) is 7.49. The fourth-order valence-electron chi connectivity index (χ4n) is 3.29. The number of halogens is 6. The third-order valence-electron chi connectivity index (χ3n) is 4.81. The van der Waals surface area contributed by atoms with Crippen molar-refractivity contribution < 1.29 is 31.1 Å². The molecular formula is C20H22F6N6O. The van der Waals surface area contributed by atoms with Gasteiger partial charge in [-0.05, 0) is 38.0 Å². The van der Waals surface area contributed by atoms with E-state index in [0.29, 0.717) is 18.1 Å². The Morgan fingerprint density at radius 2 is 1.55 bits per heavy atom. The second kappa shape index (κ2) is 9.71. The molecule has 2 amide bonds. The van der Waals surface area contributed by atoms with Crippen LogP contribution in [0.3, 0.4) is 0 Å². The van der Waals surface area contributed by atoms with E-state index in [1.807, 2.05) is 18.3 Å². The number of carbonyl (C=O) groups excluding carboxylic acids is 1. The molecule has 0 aliphatic carbocycles. The summed E-state index contributed by atoms with van der Waals surface area (Å²) in [6.07, 6.45) is -7.83. The summed E-state index contributed by atoms with van der Waals surface area (Å²) < 4.78 is 77.5. The molecule has 1 aromatic heterocycles. The van der Waals surface area contributed by atoms with Crippen molar-refractivity contribution in [2.75, 3.05) is 41.7 Å². The van der Waals surface area contributed by atoms with E-state index in [-0.39, 0.29) is 19.2 Å². The van der Waals surface area contributed by atoms with Crippen LogP contribution in [0.5, 0.6) is 0 Å². The Hall–Kier alpha value is -3.25. The first-order valence-corrected chi connectivity index (χ1v) is 10.1. The third-order valence-corrected chi connectivity index (χ3v) is 4.81. The van der Waals surface area contributed by atoms with Crippen molar-refractivity contribution in [1.29, 1.82) is 0 Å². The number of hydrogen-bond donors (Lipinski definition) is 3. The van der Waals surface area contributed by atoms with Gasteiger partial charge in [-0.3, -0.25) is 0 Å². The molecular weight excluding hydrogens is 454 g/mol. The van der Waals surface area contributed by atoms with Gasteiger partial charge in [0.1, 0.15) is 5.82 Å². The minimum Gasteiger partial charge on any atom is -0.356 e. The molecule has 7 nitrogen and oxygen atoms in total. The zero-order valence-corrected chi connectivity index (χ0v) is 17.6. The maximum absolute atomic E-state index is 12.9. The number of urea groups is 1. The largest absolute Gasteiger partial charge is 0.416 e. The molecule has 3 rings (SSSR count). The van der Waals surface area contributed by atoms with Gasteiger partial charge in [-0.25, -0.2) is 9.78 Å². The quantitative estimate of drug-likeness (QED) is 0.418.